The quantitative estimate of drug-likeness (QED) is 0.783. The van der Waals surface area contributed by atoms with E-state index in [0.717, 1.165) is 17.8 Å². The minimum atomic E-state index is -4.61. The largest absolute Gasteiger partial charge is 0.449 e. The molecule has 2 rings (SSSR count). The van der Waals surface area contributed by atoms with Gasteiger partial charge < -0.3 is 14.6 Å². The minimum Gasteiger partial charge on any atom is -0.449 e. The van der Waals surface area contributed by atoms with Crippen LogP contribution in [0, 0.1) is 13.8 Å². The van der Waals surface area contributed by atoms with Crippen LogP contribution in [0.1, 0.15) is 41.2 Å². The predicted molar refractivity (Wildman–Crippen MR) is 94.5 cm³/mol. The van der Waals surface area contributed by atoms with Gasteiger partial charge in [-0.3, -0.25) is 4.79 Å². The lowest BCUT2D eigenvalue weighted by atomic mass is 10.1. The predicted octanol–water partition coefficient (Wildman–Crippen LogP) is 4.33. The summed E-state index contributed by atoms with van der Waals surface area (Å²) in [5.41, 5.74) is 0.545. The first kappa shape index (κ1) is 20.5. The van der Waals surface area contributed by atoms with Crippen LogP contribution in [-0.2, 0) is 22.3 Å². The highest BCUT2D eigenvalue weighted by molar-refractivity contribution is 5.98. The molecular formula is C19H21F3N2O3. The Morgan fingerprint density at radius 3 is 2.41 bits per heavy atom. The summed E-state index contributed by atoms with van der Waals surface area (Å²) in [7, 11) is 0. The standard InChI is InChI=1S/C19H21F3N2O3/c1-5-24-11(2)10-14(12(24)3)18(26)27-13(4)17(25)23-16-9-7-6-8-15(16)19(20,21)22/h6-10,13H,5H2,1-4H3,(H,23,25)/t13-/m1/s1. The maximum absolute atomic E-state index is 13.0. The number of aromatic nitrogens is 1. The molecule has 1 N–H and O–H groups in total. The number of ether oxygens (including phenoxy) is 1. The first-order chi connectivity index (χ1) is 12.6. The Hall–Kier alpha value is -2.77. The van der Waals surface area contributed by atoms with Gasteiger partial charge in [-0.25, -0.2) is 4.79 Å². The lowest BCUT2D eigenvalue weighted by molar-refractivity contribution is -0.137. The molecule has 0 aliphatic carbocycles. The zero-order valence-electron chi connectivity index (χ0n) is 15.5. The SMILES string of the molecule is CCn1c(C)cc(C(=O)O[C@H](C)C(=O)Nc2ccccc2C(F)(F)F)c1C. The molecule has 1 heterocycles. The van der Waals surface area contributed by atoms with Gasteiger partial charge in [0.15, 0.2) is 6.10 Å². The van der Waals surface area contributed by atoms with E-state index in [1.807, 2.05) is 18.4 Å². The summed E-state index contributed by atoms with van der Waals surface area (Å²) >= 11 is 0. The van der Waals surface area contributed by atoms with Gasteiger partial charge >= 0.3 is 12.1 Å². The molecule has 0 radical (unpaired) electrons. The van der Waals surface area contributed by atoms with Crippen molar-refractivity contribution >= 4 is 17.6 Å². The number of hydrogen-bond acceptors (Lipinski definition) is 3. The average molecular weight is 382 g/mol. The summed E-state index contributed by atoms with van der Waals surface area (Å²) < 4.78 is 46.1. The molecule has 1 aromatic carbocycles. The lowest BCUT2D eigenvalue weighted by Crippen LogP contribution is -2.31. The number of halogens is 3. The van der Waals surface area contributed by atoms with Crippen molar-refractivity contribution in [1.29, 1.82) is 0 Å². The third-order valence-corrected chi connectivity index (χ3v) is 4.25. The number of rotatable bonds is 5. The molecule has 8 heteroatoms. The fourth-order valence-electron chi connectivity index (χ4n) is 2.85. The van der Waals surface area contributed by atoms with E-state index in [-0.39, 0.29) is 5.69 Å². The molecule has 2 aromatic rings. The number of nitrogens with zero attached hydrogens (tertiary/aromatic N) is 1. The van der Waals surface area contributed by atoms with Crippen LogP contribution in [0.25, 0.3) is 0 Å². The number of anilines is 1. The van der Waals surface area contributed by atoms with E-state index in [0.29, 0.717) is 17.8 Å². The fraction of sp³-hybridized carbons (Fsp3) is 0.368. The van der Waals surface area contributed by atoms with E-state index in [2.05, 4.69) is 5.32 Å². The second-order valence-electron chi connectivity index (χ2n) is 6.11. The van der Waals surface area contributed by atoms with Crippen LogP contribution < -0.4 is 5.32 Å². The maximum atomic E-state index is 13.0. The number of esters is 1. The Morgan fingerprint density at radius 2 is 1.85 bits per heavy atom. The van der Waals surface area contributed by atoms with E-state index in [1.54, 1.807) is 13.0 Å². The van der Waals surface area contributed by atoms with Crippen molar-refractivity contribution in [3.63, 3.8) is 0 Å². The summed E-state index contributed by atoms with van der Waals surface area (Å²) in [6.07, 6.45) is -5.87. The molecule has 0 spiro atoms. The molecule has 0 aliphatic heterocycles. The molecule has 146 valence electrons. The zero-order valence-corrected chi connectivity index (χ0v) is 15.5. The molecule has 0 saturated carbocycles. The highest BCUT2D eigenvalue weighted by Gasteiger charge is 2.34. The van der Waals surface area contributed by atoms with Gasteiger partial charge in [-0.05, 0) is 45.9 Å². The van der Waals surface area contributed by atoms with Gasteiger partial charge in [0.25, 0.3) is 5.91 Å². The number of amides is 1. The van der Waals surface area contributed by atoms with Crippen LogP contribution in [-0.4, -0.2) is 22.5 Å². The Morgan fingerprint density at radius 1 is 1.22 bits per heavy atom. The highest BCUT2D eigenvalue weighted by atomic mass is 19.4. The number of benzene rings is 1. The summed E-state index contributed by atoms with van der Waals surface area (Å²) in [6, 6.07) is 6.27. The van der Waals surface area contributed by atoms with Crippen LogP contribution in [0.2, 0.25) is 0 Å². The number of hydrogen-bond donors (Lipinski definition) is 1. The Balaban J connectivity index is 2.12. The van der Waals surface area contributed by atoms with E-state index < -0.39 is 29.7 Å². The van der Waals surface area contributed by atoms with E-state index in [1.165, 1.54) is 19.1 Å². The monoisotopic (exact) mass is 382 g/mol. The second kappa shape index (κ2) is 7.85. The van der Waals surface area contributed by atoms with Crippen LogP contribution in [0.4, 0.5) is 18.9 Å². The van der Waals surface area contributed by atoms with Gasteiger partial charge in [-0.1, -0.05) is 12.1 Å². The van der Waals surface area contributed by atoms with E-state index in [4.69, 9.17) is 4.74 Å². The van der Waals surface area contributed by atoms with Crippen molar-refractivity contribution in [2.45, 2.75) is 46.5 Å². The molecule has 0 fully saturated rings. The van der Waals surface area contributed by atoms with Gasteiger partial charge in [-0.2, -0.15) is 13.2 Å². The molecular weight excluding hydrogens is 361 g/mol. The first-order valence-corrected chi connectivity index (χ1v) is 8.41. The van der Waals surface area contributed by atoms with Crippen LogP contribution in [0.3, 0.4) is 0 Å². The molecule has 5 nitrogen and oxygen atoms in total. The fourth-order valence-corrected chi connectivity index (χ4v) is 2.85. The summed E-state index contributed by atoms with van der Waals surface area (Å²) in [4.78, 5) is 24.6. The number of para-hydroxylation sites is 1. The van der Waals surface area contributed by atoms with Crippen LogP contribution in [0.5, 0.6) is 0 Å². The van der Waals surface area contributed by atoms with Crippen molar-refractivity contribution in [2.24, 2.45) is 0 Å². The topological polar surface area (TPSA) is 60.3 Å². The second-order valence-corrected chi connectivity index (χ2v) is 6.11. The number of alkyl halides is 3. The van der Waals surface area contributed by atoms with Crippen molar-refractivity contribution < 1.29 is 27.5 Å². The number of aryl methyl sites for hydroxylation is 1. The minimum absolute atomic E-state index is 0.324. The van der Waals surface area contributed by atoms with Crippen LogP contribution >= 0.6 is 0 Å². The van der Waals surface area contributed by atoms with Crippen molar-refractivity contribution in [3.05, 3.63) is 52.8 Å². The Bertz CT molecular complexity index is 856. The normalized spacial score (nSPS) is 12.6. The van der Waals surface area contributed by atoms with Crippen molar-refractivity contribution in [3.8, 4) is 0 Å². The van der Waals surface area contributed by atoms with Crippen molar-refractivity contribution in [2.75, 3.05) is 5.32 Å². The lowest BCUT2D eigenvalue weighted by Gasteiger charge is -2.17. The number of nitrogens with one attached hydrogen (secondary N) is 1. The van der Waals surface area contributed by atoms with Gasteiger partial charge in [0, 0.05) is 17.9 Å². The first-order valence-electron chi connectivity index (χ1n) is 8.41. The molecule has 27 heavy (non-hydrogen) atoms. The smallest absolute Gasteiger partial charge is 0.418 e. The zero-order chi connectivity index (χ0) is 20.4. The van der Waals surface area contributed by atoms with Crippen molar-refractivity contribution in [1.82, 2.24) is 4.57 Å². The van der Waals surface area contributed by atoms with Crippen LogP contribution in [0.15, 0.2) is 30.3 Å². The maximum Gasteiger partial charge on any atom is 0.418 e. The average Bonchev–Trinajstić information content (AvgIpc) is 2.88. The van der Waals surface area contributed by atoms with E-state index in [9.17, 15) is 22.8 Å². The molecule has 0 bridgehead atoms. The molecule has 0 saturated heterocycles. The Labute approximate surface area is 155 Å². The highest BCUT2D eigenvalue weighted by Crippen LogP contribution is 2.34. The summed E-state index contributed by atoms with van der Waals surface area (Å²) in [5.74, 6) is -1.54. The van der Waals surface area contributed by atoms with Gasteiger partial charge in [0.2, 0.25) is 0 Å². The van der Waals surface area contributed by atoms with Gasteiger partial charge in [0.1, 0.15) is 0 Å². The summed E-state index contributed by atoms with van der Waals surface area (Å²) in [5, 5.41) is 2.17. The summed E-state index contributed by atoms with van der Waals surface area (Å²) in [6.45, 7) is 7.52. The van der Waals surface area contributed by atoms with E-state index >= 15 is 0 Å². The molecule has 0 aliphatic rings. The number of carbonyl (C=O) groups excluding carboxylic acids is 2. The molecule has 1 aromatic heterocycles. The molecule has 0 unspecified atom stereocenters. The molecule has 1 atom stereocenters. The Kier molecular flexibility index (Phi) is 5.98. The van der Waals surface area contributed by atoms with Gasteiger partial charge in [0.05, 0.1) is 16.8 Å². The third kappa shape index (κ3) is 4.50. The number of carbonyl (C=O) groups is 2. The van der Waals surface area contributed by atoms with Gasteiger partial charge in [-0.15, -0.1) is 0 Å². The molecule has 1 amide bonds. The third-order valence-electron chi connectivity index (χ3n) is 4.25.